The molecule has 154 valence electrons. The van der Waals surface area contributed by atoms with Gasteiger partial charge >= 0.3 is 12.0 Å². The minimum Gasteiger partial charge on any atom is -0.488 e. The summed E-state index contributed by atoms with van der Waals surface area (Å²) in [7, 11) is 0. The molecule has 1 heterocycles. The van der Waals surface area contributed by atoms with Crippen LogP contribution in [-0.2, 0) is 9.53 Å². The third kappa shape index (κ3) is 5.11. The molecule has 2 N–H and O–H groups in total. The van der Waals surface area contributed by atoms with Crippen LogP contribution in [0.2, 0.25) is 10.0 Å². The average Bonchev–Trinajstić information content (AvgIpc) is 2.56. The van der Waals surface area contributed by atoms with Crippen molar-refractivity contribution in [1.82, 2.24) is 10.6 Å². The molecule has 28 heavy (non-hydrogen) atoms. The van der Waals surface area contributed by atoms with Crippen LogP contribution < -0.4 is 15.4 Å². The fraction of sp³-hybridized carbons (Fsp3) is 0.500. The summed E-state index contributed by atoms with van der Waals surface area (Å²) in [5, 5.41) is 6.09. The zero-order valence-corrected chi connectivity index (χ0v) is 18.4. The Bertz CT molecular complexity index is 780. The van der Waals surface area contributed by atoms with Crippen molar-refractivity contribution < 1.29 is 19.1 Å². The number of hydrogen-bond donors (Lipinski definition) is 2. The molecule has 8 heteroatoms. The number of urea groups is 1. The quantitative estimate of drug-likeness (QED) is 0.625. The Morgan fingerprint density at radius 2 is 1.61 bits per heavy atom. The van der Waals surface area contributed by atoms with Crippen LogP contribution in [0.5, 0.6) is 5.75 Å². The Morgan fingerprint density at radius 1 is 1.04 bits per heavy atom. The second-order valence-electron chi connectivity index (χ2n) is 7.45. The van der Waals surface area contributed by atoms with E-state index >= 15 is 0 Å². The molecule has 0 aliphatic carbocycles. The molecule has 2 rings (SSSR count). The normalized spacial score (nSPS) is 17.1. The number of nitrogens with one attached hydrogen (secondary N) is 2. The summed E-state index contributed by atoms with van der Waals surface area (Å²) in [5.74, 6) is -0.245. The summed E-state index contributed by atoms with van der Waals surface area (Å²) >= 11 is 12.7. The van der Waals surface area contributed by atoms with Gasteiger partial charge in [0.2, 0.25) is 0 Å². The summed E-state index contributed by atoms with van der Waals surface area (Å²) in [6, 6.07) is 2.12. The topological polar surface area (TPSA) is 76.7 Å². The largest absolute Gasteiger partial charge is 0.488 e. The highest BCUT2D eigenvalue weighted by atomic mass is 35.5. The van der Waals surface area contributed by atoms with Gasteiger partial charge in [-0.05, 0) is 51.3 Å². The molecule has 0 fully saturated rings. The Morgan fingerprint density at radius 3 is 2.07 bits per heavy atom. The number of carbonyl (C=O) groups is 2. The van der Waals surface area contributed by atoms with Crippen molar-refractivity contribution in [2.75, 3.05) is 0 Å². The number of amides is 2. The van der Waals surface area contributed by atoms with Crippen LogP contribution >= 0.6 is 23.2 Å². The molecule has 1 aromatic carbocycles. The van der Waals surface area contributed by atoms with Gasteiger partial charge < -0.3 is 20.1 Å². The Hall–Kier alpha value is -1.92. The number of halogens is 2. The number of allylic oxidation sites excluding steroid dienone is 1. The van der Waals surface area contributed by atoms with Crippen molar-refractivity contribution in [3.05, 3.63) is 39.0 Å². The number of hydrogen-bond acceptors (Lipinski definition) is 4. The lowest BCUT2D eigenvalue weighted by Crippen LogP contribution is -2.47. The predicted octanol–water partition coefficient (Wildman–Crippen LogP) is 5.00. The number of carbonyl (C=O) groups excluding carboxylic acids is 2. The molecule has 1 aromatic rings. The van der Waals surface area contributed by atoms with Gasteiger partial charge in [-0.15, -0.1) is 0 Å². The summed E-state index contributed by atoms with van der Waals surface area (Å²) in [6.07, 6.45) is -0.413. The average molecular weight is 429 g/mol. The summed E-state index contributed by atoms with van der Waals surface area (Å²) in [4.78, 5) is 25.1. The maximum absolute atomic E-state index is 12.8. The molecule has 0 aromatic heterocycles. The summed E-state index contributed by atoms with van der Waals surface area (Å²) in [5.41, 5.74) is 1.40. The smallest absolute Gasteiger partial charge is 0.338 e. The van der Waals surface area contributed by atoms with Crippen LogP contribution in [0, 0.1) is 5.92 Å². The van der Waals surface area contributed by atoms with Crippen molar-refractivity contribution in [2.24, 2.45) is 5.92 Å². The van der Waals surface area contributed by atoms with Gasteiger partial charge in [-0.3, -0.25) is 0 Å². The van der Waals surface area contributed by atoms with E-state index < -0.39 is 18.0 Å². The Balaban J connectivity index is 2.58. The van der Waals surface area contributed by atoms with Gasteiger partial charge in [-0.2, -0.15) is 0 Å². The summed E-state index contributed by atoms with van der Waals surface area (Å²) < 4.78 is 11.1. The lowest BCUT2D eigenvalue weighted by Gasteiger charge is -2.31. The third-order valence-electron chi connectivity index (χ3n) is 3.95. The molecule has 0 saturated heterocycles. The van der Waals surface area contributed by atoms with E-state index in [9.17, 15) is 9.59 Å². The fourth-order valence-electron chi connectivity index (χ4n) is 2.89. The first-order valence-electron chi connectivity index (χ1n) is 9.19. The first-order chi connectivity index (χ1) is 13.0. The molecule has 0 bridgehead atoms. The van der Waals surface area contributed by atoms with E-state index in [1.165, 1.54) is 0 Å². The lowest BCUT2D eigenvalue weighted by molar-refractivity contribution is -0.143. The monoisotopic (exact) mass is 428 g/mol. The molecular formula is C20H26Cl2N2O4. The zero-order chi connectivity index (χ0) is 21.2. The highest BCUT2D eigenvalue weighted by Crippen LogP contribution is 2.39. The van der Waals surface area contributed by atoms with E-state index in [1.807, 2.05) is 27.7 Å². The van der Waals surface area contributed by atoms with Crippen molar-refractivity contribution in [1.29, 1.82) is 0 Å². The van der Waals surface area contributed by atoms with Crippen molar-refractivity contribution in [2.45, 2.75) is 59.8 Å². The Labute approximate surface area is 175 Å². The van der Waals surface area contributed by atoms with E-state index in [2.05, 4.69) is 10.6 Å². The first-order valence-corrected chi connectivity index (χ1v) is 9.95. The van der Waals surface area contributed by atoms with Gasteiger partial charge in [0, 0.05) is 5.70 Å². The maximum atomic E-state index is 12.8. The SMILES string of the molecule is CC(C)OC(=O)C1=C(C(C)C)NC(=O)NC1c1cc(Cl)c(OC(C)C)c(Cl)c1. The van der Waals surface area contributed by atoms with Crippen LogP contribution in [0.25, 0.3) is 0 Å². The molecule has 6 nitrogen and oxygen atoms in total. The molecule has 0 saturated carbocycles. The van der Waals surface area contributed by atoms with Crippen LogP contribution in [0.15, 0.2) is 23.4 Å². The maximum Gasteiger partial charge on any atom is 0.338 e. The van der Waals surface area contributed by atoms with Crippen LogP contribution in [-0.4, -0.2) is 24.2 Å². The van der Waals surface area contributed by atoms with Gasteiger partial charge in [-0.1, -0.05) is 37.0 Å². The Kier molecular flexibility index (Phi) is 7.23. The molecule has 1 atom stereocenters. The highest BCUT2D eigenvalue weighted by Gasteiger charge is 2.35. The molecule has 0 spiro atoms. The van der Waals surface area contributed by atoms with Crippen molar-refractivity contribution in [3.8, 4) is 5.75 Å². The number of benzene rings is 1. The van der Waals surface area contributed by atoms with Crippen LogP contribution in [0.1, 0.15) is 53.1 Å². The first kappa shape index (κ1) is 22.4. The molecular weight excluding hydrogens is 403 g/mol. The minimum absolute atomic E-state index is 0.0993. The zero-order valence-electron chi connectivity index (χ0n) is 16.9. The van der Waals surface area contributed by atoms with E-state index in [0.717, 1.165) is 0 Å². The van der Waals surface area contributed by atoms with E-state index in [-0.39, 0.29) is 18.1 Å². The standard InChI is InChI=1S/C20H26Cl2N2O4/c1-9(2)16-15(19(25)28-11(5)6)17(24-20(26)23-16)12-7-13(21)18(14(22)8-12)27-10(3)4/h7-11,17H,1-6H3,(H2,23,24,26). The predicted molar refractivity (Wildman–Crippen MR) is 110 cm³/mol. The van der Waals surface area contributed by atoms with Gasteiger partial charge in [0.05, 0.1) is 33.9 Å². The highest BCUT2D eigenvalue weighted by molar-refractivity contribution is 6.37. The molecule has 1 aliphatic heterocycles. The van der Waals surface area contributed by atoms with E-state index in [4.69, 9.17) is 32.7 Å². The third-order valence-corrected chi connectivity index (χ3v) is 4.51. The number of rotatable bonds is 6. The van der Waals surface area contributed by atoms with Gasteiger partial charge in [0.1, 0.15) is 0 Å². The van der Waals surface area contributed by atoms with E-state index in [0.29, 0.717) is 32.6 Å². The second-order valence-corrected chi connectivity index (χ2v) is 8.26. The fourth-order valence-corrected chi connectivity index (χ4v) is 3.48. The number of ether oxygens (including phenoxy) is 2. The molecule has 1 aliphatic rings. The van der Waals surface area contributed by atoms with Gasteiger partial charge in [0.15, 0.2) is 5.75 Å². The van der Waals surface area contributed by atoms with Crippen molar-refractivity contribution >= 4 is 35.2 Å². The van der Waals surface area contributed by atoms with Crippen LogP contribution in [0.4, 0.5) is 4.79 Å². The summed E-state index contributed by atoms with van der Waals surface area (Å²) in [6.45, 7) is 11.0. The van der Waals surface area contributed by atoms with Gasteiger partial charge in [0.25, 0.3) is 0 Å². The van der Waals surface area contributed by atoms with Gasteiger partial charge in [-0.25, -0.2) is 9.59 Å². The van der Waals surface area contributed by atoms with E-state index in [1.54, 1.807) is 26.0 Å². The molecule has 1 unspecified atom stereocenters. The van der Waals surface area contributed by atoms with Crippen LogP contribution in [0.3, 0.4) is 0 Å². The molecule has 0 radical (unpaired) electrons. The minimum atomic E-state index is -0.750. The second kappa shape index (κ2) is 9.05. The lowest BCUT2D eigenvalue weighted by atomic mass is 9.91. The molecule has 2 amide bonds. The number of esters is 1. The van der Waals surface area contributed by atoms with Crippen molar-refractivity contribution in [3.63, 3.8) is 0 Å².